The summed E-state index contributed by atoms with van der Waals surface area (Å²) in [5.74, 6) is -0.701. The van der Waals surface area contributed by atoms with Gasteiger partial charge in [0.15, 0.2) is 0 Å². The average Bonchev–Trinajstić information content (AvgIpc) is 2.99. The maximum atomic E-state index is 12.5. The predicted octanol–water partition coefficient (Wildman–Crippen LogP) is 3.50. The Kier molecular flexibility index (Phi) is 7.72. The van der Waals surface area contributed by atoms with Gasteiger partial charge in [-0.1, -0.05) is 49.0 Å². The number of halogens is 2. The van der Waals surface area contributed by atoms with E-state index in [1.807, 2.05) is 0 Å². The zero-order valence-electron chi connectivity index (χ0n) is 14.7. The van der Waals surface area contributed by atoms with E-state index >= 15 is 0 Å². The van der Waals surface area contributed by atoms with Crippen molar-refractivity contribution in [3.05, 3.63) is 33.8 Å². The first-order chi connectivity index (χ1) is 12.4. The molecule has 1 heterocycles. The van der Waals surface area contributed by atoms with Gasteiger partial charge in [-0.2, -0.15) is 0 Å². The zero-order valence-corrected chi connectivity index (χ0v) is 16.2. The molecular formula is C18H23Cl2N3O3. The summed E-state index contributed by atoms with van der Waals surface area (Å²) in [5, 5.41) is 6.42. The molecule has 0 radical (unpaired) electrons. The van der Waals surface area contributed by atoms with E-state index in [4.69, 9.17) is 23.2 Å². The first-order valence-electron chi connectivity index (χ1n) is 8.75. The lowest BCUT2D eigenvalue weighted by Crippen LogP contribution is -2.51. The van der Waals surface area contributed by atoms with Crippen LogP contribution in [0.15, 0.2) is 18.2 Å². The molecule has 142 valence electrons. The molecule has 1 atom stereocenters. The molecule has 1 aromatic carbocycles. The number of rotatable bonds is 7. The first kappa shape index (κ1) is 20.5. The second-order valence-electron chi connectivity index (χ2n) is 6.21. The summed E-state index contributed by atoms with van der Waals surface area (Å²) in [6.45, 7) is 2.76. The van der Waals surface area contributed by atoms with Crippen LogP contribution >= 0.6 is 23.2 Å². The predicted molar refractivity (Wildman–Crippen MR) is 101 cm³/mol. The second-order valence-corrected chi connectivity index (χ2v) is 7.05. The van der Waals surface area contributed by atoms with Crippen molar-refractivity contribution in [1.82, 2.24) is 15.5 Å². The Labute approximate surface area is 163 Å². The summed E-state index contributed by atoms with van der Waals surface area (Å²) in [5.41, 5.74) is 0.712. The molecule has 1 fully saturated rings. The fourth-order valence-corrected chi connectivity index (χ4v) is 3.28. The molecule has 1 aliphatic rings. The Balaban J connectivity index is 1.93. The summed E-state index contributed by atoms with van der Waals surface area (Å²) in [7, 11) is 0. The van der Waals surface area contributed by atoms with Crippen LogP contribution in [0.25, 0.3) is 0 Å². The molecule has 1 aromatic rings. The Morgan fingerprint density at radius 1 is 1.23 bits per heavy atom. The lowest BCUT2D eigenvalue weighted by molar-refractivity contribution is -0.132. The van der Waals surface area contributed by atoms with Gasteiger partial charge in [-0.3, -0.25) is 14.5 Å². The highest BCUT2D eigenvalue weighted by Crippen LogP contribution is 2.22. The zero-order chi connectivity index (χ0) is 19.1. The van der Waals surface area contributed by atoms with E-state index < -0.39 is 12.1 Å². The molecule has 0 bridgehead atoms. The molecule has 4 amide bonds. The van der Waals surface area contributed by atoms with E-state index in [1.54, 1.807) is 18.2 Å². The second kappa shape index (κ2) is 9.78. The van der Waals surface area contributed by atoms with Crippen LogP contribution in [-0.2, 0) is 16.1 Å². The van der Waals surface area contributed by atoms with Crippen LogP contribution in [0.2, 0.25) is 10.0 Å². The smallest absolute Gasteiger partial charge is 0.324 e. The van der Waals surface area contributed by atoms with E-state index in [0.717, 1.165) is 24.2 Å². The van der Waals surface area contributed by atoms with Gasteiger partial charge in [-0.25, -0.2) is 4.79 Å². The van der Waals surface area contributed by atoms with Crippen molar-refractivity contribution in [3.63, 3.8) is 0 Å². The number of urea groups is 1. The number of nitrogens with zero attached hydrogens (tertiary/aromatic N) is 1. The number of amides is 4. The van der Waals surface area contributed by atoms with E-state index in [2.05, 4.69) is 17.6 Å². The highest BCUT2D eigenvalue weighted by atomic mass is 35.5. The summed E-state index contributed by atoms with van der Waals surface area (Å²) >= 11 is 11.9. The molecule has 0 saturated carbocycles. The monoisotopic (exact) mass is 399 g/mol. The summed E-state index contributed by atoms with van der Waals surface area (Å²) in [6, 6.07) is 3.71. The normalized spacial score (nSPS) is 16.7. The van der Waals surface area contributed by atoms with Gasteiger partial charge in [0.25, 0.3) is 0 Å². The van der Waals surface area contributed by atoms with E-state index in [9.17, 15) is 14.4 Å². The third-order valence-electron chi connectivity index (χ3n) is 4.26. The maximum Gasteiger partial charge on any atom is 0.324 e. The number of likely N-dealkylation sites (tertiary alicyclic amines) is 1. The van der Waals surface area contributed by atoms with Crippen LogP contribution in [0.5, 0.6) is 0 Å². The average molecular weight is 400 g/mol. The van der Waals surface area contributed by atoms with Crippen molar-refractivity contribution in [2.45, 2.75) is 51.6 Å². The van der Waals surface area contributed by atoms with Crippen molar-refractivity contribution in [2.75, 3.05) is 6.54 Å². The third kappa shape index (κ3) is 5.35. The molecule has 1 saturated heterocycles. The largest absolute Gasteiger partial charge is 0.350 e. The molecule has 26 heavy (non-hydrogen) atoms. The molecule has 8 heteroatoms. The van der Waals surface area contributed by atoms with Gasteiger partial charge in [0.2, 0.25) is 11.8 Å². The number of carbonyl (C=O) groups excluding carboxylic acids is 3. The Hall–Kier alpha value is -1.79. The first-order valence-corrected chi connectivity index (χ1v) is 9.51. The van der Waals surface area contributed by atoms with Crippen molar-refractivity contribution in [3.8, 4) is 0 Å². The van der Waals surface area contributed by atoms with Crippen LogP contribution in [0, 0.1) is 0 Å². The molecule has 0 aliphatic carbocycles. The van der Waals surface area contributed by atoms with Crippen molar-refractivity contribution in [1.29, 1.82) is 0 Å². The van der Waals surface area contributed by atoms with E-state index in [1.165, 1.54) is 0 Å². The lowest BCUT2D eigenvalue weighted by atomic mass is 10.2. The third-order valence-corrected chi connectivity index (χ3v) is 4.85. The maximum absolute atomic E-state index is 12.5. The highest BCUT2D eigenvalue weighted by molar-refractivity contribution is 6.35. The number of unbranched alkanes of at least 4 members (excludes halogenated alkanes) is 2. The quantitative estimate of drug-likeness (QED) is 0.688. The Bertz CT molecular complexity index is 682. The van der Waals surface area contributed by atoms with Gasteiger partial charge < -0.3 is 10.6 Å². The van der Waals surface area contributed by atoms with Crippen LogP contribution in [0.3, 0.4) is 0 Å². The number of hydrogen-bond donors (Lipinski definition) is 2. The lowest BCUT2D eigenvalue weighted by Gasteiger charge is -2.22. The molecule has 0 aromatic heterocycles. The Morgan fingerprint density at radius 2 is 2.00 bits per heavy atom. The fourth-order valence-electron chi connectivity index (χ4n) is 2.81. The van der Waals surface area contributed by atoms with Crippen LogP contribution < -0.4 is 10.6 Å². The number of benzene rings is 1. The van der Waals surface area contributed by atoms with Crippen molar-refractivity contribution >= 4 is 41.0 Å². The molecule has 0 spiro atoms. The SMILES string of the molecule is CCCCCNC(=O)N1C(=O)CC[C@H]1C(=O)NCc1ccc(Cl)cc1Cl. The molecule has 1 aliphatic heterocycles. The van der Waals surface area contributed by atoms with Crippen LogP contribution in [-0.4, -0.2) is 35.3 Å². The highest BCUT2D eigenvalue weighted by Gasteiger charge is 2.40. The van der Waals surface area contributed by atoms with Gasteiger partial charge in [-0.15, -0.1) is 0 Å². The molecule has 0 unspecified atom stereocenters. The summed E-state index contributed by atoms with van der Waals surface area (Å²) in [4.78, 5) is 37.8. The van der Waals surface area contributed by atoms with Gasteiger partial charge in [0.1, 0.15) is 6.04 Å². The number of nitrogens with one attached hydrogen (secondary N) is 2. The van der Waals surface area contributed by atoms with Gasteiger partial charge >= 0.3 is 6.03 Å². The minimum absolute atomic E-state index is 0.183. The standard InChI is InChI=1S/C18H23Cl2N3O3/c1-2-3-4-9-21-18(26)23-15(7-8-16(23)24)17(25)22-11-12-5-6-13(19)10-14(12)20/h5-6,10,15H,2-4,7-9,11H2,1H3,(H,21,26)(H,22,25)/t15-/m0/s1. The molecule has 6 nitrogen and oxygen atoms in total. The van der Waals surface area contributed by atoms with Gasteiger partial charge in [0.05, 0.1) is 0 Å². The van der Waals surface area contributed by atoms with E-state index in [-0.39, 0.29) is 24.8 Å². The topological polar surface area (TPSA) is 78.5 Å². The van der Waals surface area contributed by atoms with Crippen LogP contribution in [0.4, 0.5) is 4.79 Å². The fraction of sp³-hybridized carbons (Fsp3) is 0.500. The summed E-state index contributed by atoms with van der Waals surface area (Å²) in [6.07, 6.45) is 3.39. The van der Waals surface area contributed by atoms with Crippen molar-refractivity contribution in [2.24, 2.45) is 0 Å². The minimum atomic E-state index is -0.792. The molecule has 2 N–H and O–H groups in total. The number of hydrogen-bond acceptors (Lipinski definition) is 3. The van der Waals surface area contributed by atoms with Gasteiger partial charge in [0, 0.05) is 29.6 Å². The molecular weight excluding hydrogens is 377 g/mol. The number of carbonyl (C=O) groups is 3. The Morgan fingerprint density at radius 3 is 2.69 bits per heavy atom. The minimum Gasteiger partial charge on any atom is -0.350 e. The summed E-state index contributed by atoms with van der Waals surface area (Å²) < 4.78 is 0. The van der Waals surface area contributed by atoms with Crippen LogP contribution in [0.1, 0.15) is 44.6 Å². The van der Waals surface area contributed by atoms with Gasteiger partial charge in [-0.05, 0) is 30.5 Å². The molecule has 2 rings (SSSR count). The van der Waals surface area contributed by atoms with E-state index in [0.29, 0.717) is 28.6 Å². The number of imide groups is 1. The van der Waals surface area contributed by atoms with Crippen molar-refractivity contribution < 1.29 is 14.4 Å².